The van der Waals surface area contributed by atoms with Crippen LogP contribution in [0.5, 0.6) is 0 Å². The lowest BCUT2D eigenvalue weighted by molar-refractivity contribution is 0.0792. The number of nitrogens with zero attached hydrogens (tertiary/aromatic N) is 3. The van der Waals surface area contributed by atoms with Crippen molar-refractivity contribution in [3.05, 3.63) is 42.2 Å². The predicted octanol–water partition coefficient (Wildman–Crippen LogP) is 2.27. The van der Waals surface area contributed by atoms with Crippen LogP contribution in [-0.4, -0.2) is 57.1 Å². The third kappa shape index (κ3) is 3.13. The normalized spacial score (nSPS) is 14.1. The number of H-pyrrole nitrogens is 1. The van der Waals surface area contributed by atoms with E-state index < -0.39 is 0 Å². The monoisotopic (exact) mass is 351 g/mol. The van der Waals surface area contributed by atoms with Gasteiger partial charge in [-0.25, -0.2) is 4.98 Å². The van der Waals surface area contributed by atoms with Crippen molar-refractivity contribution in [1.82, 2.24) is 19.9 Å². The number of nitrogens with one attached hydrogen (secondary N) is 2. The highest BCUT2D eigenvalue weighted by atomic mass is 16.3. The van der Waals surface area contributed by atoms with E-state index in [0.717, 1.165) is 48.2 Å². The quantitative estimate of drug-likeness (QED) is 0.655. The third-order valence-electron chi connectivity index (χ3n) is 4.63. The van der Waals surface area contributed by atoms with Gasteiger partial charge in [0.2, 0.25) is 0 Å². The summed E-state index contributed by atoms with van der Waals surface area (Å²) in [5.74, 6) is 0.719. The summed E-state index contributed by atoms with van der Waals surface area (Å²) in [6.07, 6.45) is 5.63. The van der Waals surface area contributed by atoms with Gasteiger partial charge >= 0.3 is 0 Å². The molecule has 134 valence electrons. The maximum Gasteiger partial charge on any atom is 0.255 e. The van der Waals surface area contributed by atoms with Crippen LogP contribution in [-0.2, 0) is 0 Å². The van der Waals surface area contributed by atoms with Crippen LogP contribution < -0.4 is 5.32 Å². The maximum atomic E-state index is 12.5. The topological polar surface area (TPSA) is 94.1 Å². The molecule has 0 aromatic carbocycles. The standard InChI is InChI=1S/C19H21N5O2/c25-10-7-20-17-11-15(14-5-6-21-18(14)23-17)16-4-3-13(12-22-16)19(26)24-8-1-2-9-24/h3-6,11-12,25H,1-2,7-10H2,(H2,20,21,23). The summed E-state index contributed by atoms with van der Waals surface area (Å²) in [6, 6.07) is 7.58. The fourth-order valence-corrected chi connectivity index (χ4v) is 3.31. The summed E-state index contributed by atoms with van der Waals surface area (Å²) in [4.78, 5) is 26.5. The van der Waals surface area contributed by atoms with E-state index in [4.69, 9.17) is 5.11 Å². The smallest absolute Gasteiger partial charge is 0.255 e. The lowest BCUT2D eigenvalue weighted by Gasteiger charge is -2.15. The molecule has 4 rings (SSSR count). The van der Waals surface area contributed by atoms with E-state index in [9.17, 15) is 4.79 Å². The van der Waals surface area contributed by atoms with E-state index >= 15 is 0 Å². The first kappa shape index (κ1) is 16.5. The first-order valence-electron chi connectivity index (χ1n) is 8.85. The van der Waals surface area contributed by atoms with Gasteiger partial charge in [-0.2, -0.15) is 0 Å². The Labute approximate surface area is 151 Å². The number of pyridine rings is 2. The van der Waals surface area contributed by atoms with E-state index in [1.54, 1.807) is 6.20 Å². The average Bonchev–Trinajstić information content (AvgIpc) is 3.37. The van der Waals surface area contributed by atoms with Crippen molar-refractivity contribution in [3.8, 4) is 11.3 Å². The summed E-state index contributed by atoms with van der Waals surface area (Å²) in [6.45, 7) is 2.12. The van der Waals surface area contributed by atoms with Crippen LogP contribution in [0.25, 0.3) is 22.3 Å². The van der Waals surface area contributed by atoms with Crippen molar-refractivity contribution < 1.29 is 9.90 Å². The second-order valence-electron chi connectivity index (χ2n) is 6.38. The average molecular weight is 351 g/mol. The molecule has 0 spiro atoms. The van der Waals surface area contributed by atoms with Crippen LogP contribution in [0.2, 0.25) is 0 Å². The minimum atomic E-state index is 0.0331. The molecule has 7 heteroatoms. The molecule has 0 unspecified atom stereocenters. The molecule has 1 saturated heterocycles. The number of anilines is 1. The Morgan fingerprint density at radius 2 is 2.12 bits per heavy atom. The lowest BCUT2D eigenvalue weighted by Crippen LogP contribution is -2.27. The van der Waals surface area contributed by atoms with Crippen molar-refractivity contribution in [2.24, 2.45) is 0 Å². The highest BCUT2D eigenvalue weighted by Gasteiger charge is 2.20. The van der Waals surface area contributed by atoms with Crippen LogP contribution in [0.15, 0.2) is 36.7 Å². The molecule has 1 aliphatic rings. The van der Waals surface area contributed by atoms with Gasteiger partial charge in [0.1, 0.15) is 11.5 Å². The second-order valence-corrected chi connectivity index (χ2v) is 6.38. The molecular weight excluding hydrogens is 330 g/mol. The van der Waals surface area contributed by atoms with Crippen molar-refractivity contribution in [2.45, 2.75) is 12.8 Å². The van der Waals surface area contributed by atoms with Gasteiger partial charge < -0.3 is 20.3 Å². The zero-order valence-corrected chi connectivity index (χ0v) is 14.4. The number of carbonyl (C=O) groups excluding carboxylic acids is 1. The van der Waals surface area contributed by atoms with E-state index in [1.807, 2.05) is 35.4 Å². The number of amides is 1. The van der Waals surface area contributed by atoms with E-state index in [1.165, 1.54) is 0 Å². The zero-order valence-electron chi connectivity index (χ0n) is 14.4. The highest BCUT2D eigenvalue weighted by molar-refractivity contribution is 5.96. The Hall–Kier alpha value is -2.93. The van der Waals surface area contributed by atoms with Crippen LogP contribution in [0.1, 0.15) is 23.2 Å². The zero-order chi connectivity index (χ0) is 17.9. The summed E-state index contributed by atoms with van der Waals surface area (Å²) < 4.78 is 0. The molecule has 0 aliphatic carbocycles. The molecule has 3 aromatic rings. The van der Waals surface area contributed by atoms with E-state index in [-0.39, 0.29) is 12.5 Å². The molecule has 3 aromatic heterocycles. The molecule has 1 fully saturated rings. The largest absolute Gasteiger partial charge is 0.395 e. The van der Waals surface area contributed by atoms with Crippen LogP contribution in [0, 0.1) is 0 Å². The SMILES string of the molecule is O=C(c1ccc(-c2cc(NCCO)nc3[nH]ccc23)nc1)N1CCCC1. The molecule has 0 saturated carbocycles. The molecule has 26 heavy (non-hydrogen) atoms. The number of likely N-dealkylation sites (tertiary alicyclic amines) is 1. The Kier molecular flexibility index (Phi) is 4.53. The number of hydrogen-bond acceptors (Lipinski definition) is 5. The molecule has 0 bridgehead atoms. The number of rotatable bonds is 5. The number of carbonyl (C=O) groups is 1. The van der Waals surface area contributed by atoms with Crippen molar-refractivity contribution in [2.75, 3.05) is 31.6 Å². The van der Waals surface area contributed by atoms with Gasteiger partial charge in [0, 0.05) is 43.0 Å². The highest BCUT2D eigenvalue weighted by Crippen LogP contribution is 2.28. The molecule has 0 atom stereocenters. The Balaban J connectivity index is 1.66. The number of aromatic nitrogens is 3. The number of fused-ring (bicyclic) bond motifs is 1. The van der Waals surface area contributed by atoms with Gasteiger partial charge in [-0.15, -0.1) is 0 Å². The van der Waals surface area contributed by atoms with Gasteiger partial charge in [0.25, 0.3) is 5.91 Å². The number of aliphatic hydroxyl groups excluding tert-OH is 1. The van der Waals surface area contributed by atoms with Gasteiger partial charge in [0.05, 0.1) is 17.9 Å². The first-order chi connectivity index (χ1) is 12.8. The Morgan fingerprint density at radius 1 is 1.27 bits per heavy atom. The van der Waals surface area contributed by atoms with Crippen LogP contribution in [0.3, 0.4) is 0 Å². The maximum absolute atomic E-state index is 12.5. The number of aromatic amines is 1. The molecule has 7 nitrogen and oxygen atoms in total. The minimum Gasteiger partial charge on any atom is -0.395 e. The fourth-order valence-electron chi connectivity index (χ4n) is 3.31. The second kappa shape index (κ2) is 7.13. The van der Waals surface area contributed by atoms with Crippen molar-refractivity contribution >= 4 is 22.8 Å². The molecule has 3 N–H and O–H groups in total. The molecule has 0 radical (unpaired) electrons. The lowest BCUT2D eigenvalue weighted by atomic mass is 10.1. The molecular formula is C19H21N5O2. The third-order valence-corrected chi connectivity index (χ3v) is 4.63. The number of hydrogen-bond donors (Lipinski definition) is 3. The predicted molar refractivity (Wildman–Crippen MR) is 100 cm³/mol. The van der Waals surface area contributed by atoms with Crippen molar-refractivity contribution in [3.63, 3.8) is 0 Å². The number of aliphatic hydroxyl groups is 1. The summed E-state index contributed by atoms with van der Waals surface area (Å²) in [5.41, 5.74) is 3.08. The Bertz CT molecular complexity index is 913. The van der Waals surface area contributed by atoms with Crippen molar-refractivity contribution in [1.29, 1.82) is 0 Å². The van der Waals surface area contributed by atoms with Gasteiger partial charge in [-0.3, -0.25) is 9.78 Å². The van der Waals surface area contributed by atoms with E-state index in [0.29, 0.717) is 17.9 Å². The van der Waals surface area contributed by atoms with Gasteiger partial charge in [-0.1, -0.05) is 0 Å². The van der Waals surface area contributed by atoms with Gasteiger partial charge in [0.15, 0.2) is 0 Å². The fraction of sp³-hybridized carbons (Fsp3) is 0.316. The molecule has 4 heterocycles. The summed E-state index contributed by atoms with van der Waals surface area (Å²) in [7, 11) is 0. The van der Waals surface area contributed by atoms with Crippen LogP contribution in [0.4, 0.5) is 5.82 Å². The Morgan fingerprint density at radius 3 is 2.85 bits per heavy atom. The summed E-state index contributed by atoms with van der Waals surface area (Å²) in [5, 5.41) is 13.1. The first-order valence-corrected chi connectivity index (χ1v) is 8.85. The molecule has 1 amide bonds. The van der Waals surface area contributed by atoms with Crippen LogP contribution >= 0.6 is 0 Å². The summed E-state index contributed by atoms with van der Waals surface area (Å²) >= 11 is 0. The molecule has 1 aliphatic heterocycles. The minimum absolute atomic E-state index is 0.0331. The van der Waals surface area contributed by atoms with E-state index in [2.05, 4.69) is 20.3 Å². The van der Waals surface area contributed by atoms with Gasteiger partial charge in [-0.05, 0) is 37.1 Å².